The zero-order chi connectivity index (χ0) is 8.86. The standard InChI is InChI=1S/C9H21NOSi/c1-12(8-4-2-6-10)9-5-3-7-11-12/h2-10H2,1H3. The van der Waals surface area contributed by atoms with Gasteiger partial charge >= 0.3 is 0 Å². The Morgan fingerprint density at radius 2 is 2.17 bits per heavy atom. The van der Waals surface area contributed by atoms with Gasteiger partial charge in [0.15, 0.2) is 8.32 Å². The Bertz CT molecular complexity index is 124. The summed E-state index contributed by atoms with van der Waals surface area (Å²) >= 11 is 0. The molecule has 0 spiro atoms. The zero-order valence-electron chi connectivity index (χ0n) is 8.14. The van der Waals surface area contributed by atoms with Crippen LogP contribution in [-0.2, 0) is 4.43 Å². The third-order valence-electron chi connectivity index (χ3n) is 2.71. The molecule has 0 amide bonds. The summed E-state index contributed by atoms with van der Waals surface area (Å²) in [7, 11) is -1.23. The Hall–Kier alpha value is 0.137. The molecule has 0 aliphatic carbocycles. The van der Waals surface area contributed by atoms with E-state index in [2.05, 4.69) is 6.55 Å². The van der Waals surface area contributed by atoms with Crippen molar-refractivity contribution < 1.29 is 4.43 Å². The quantitative estimate of drug-likeness (QED) is 0.540. The molecule has 1 atom stereocenters. The maximum Gasteiger partial charge on any atom is 0.189 e. The van der Waals surface area contributed by atoms with Gasteiger partial charge in [0.05, 0.1) is 0 Å². The summed E-state index contributed by atoms with van der Waals surface area (Å²) in [6, 6.07) is 2.70. The van der Waals surface area contributed by atoms with E-state index in [1.165, 1.54) is 37.8 Å². The molecule has 3 heteroatoms. The van der Waals surface area contributed by atoms with E-state index in [1.807, 2.05) is 0 Å². The first kappa shape index (κ1) is 10.2. The molecule has 2 N–H and O–H groups in total. The van der Waals surface area contributed by atoms with Crippen LogP contribution in [0.2, 0.25) is 18.6 Å². The number of rotatable bonds is 4. The lowest BCUT2D eigenvalue weighted by atomic mass is 10.3. The molecule has 0 radical (unpaired) electrons. The highest BCUT2D eigenvalue weighted by Crippen LogP contribution is 2.26. The molecule has 1 saturated heterocycles. The molecule has 0 aromatic rings. The second-order valence-corrected chi connectivity index (χ2v) is 8.19. The minimum absolute atomic E-state index is 0.838. The SMILES string of the molecule is C[Si]1(CCCCN)CCCCO1. The van der Waals surface area contributed by atoms with Gasteiger partial charge in [-0.3, -0.25) is 0 Å². The second kappa shape index (κ2) is 4.99. The predicted octanol–water partition coefficient (Wildman–Crippen LogP) is 2.11. The summed E-state index contributed by atoms with van der Waals surface area (Å²) in [6.07, 6.45) is 5.12. The molecule has 1 fully saturated rings. The largest absolute Gasteiger partial charge is 0.417 e. The lowest BCUT2D eigenvalue weighted by Gasteiger charge is -2.31. The van der Waals surface area contributed by atoms with Gasteiger partial charge in [-0.2, -0.15) is 0 Å². The average molecular weight is 187 g/mol. The first-order valence-corrected chi connectivity index (χ1v) is 7.93. The van der Waals surface area contributed by atoms with Crippen molar-refractivity contribution in [2.45, 2.75) is 44.3 Å². The van der Waals surface area contributed by atoms with Crippen molar-refractivity contribution in [3.63, 3.8) is 0 Å². The summed E-state index contributed by atoms with van der Waals surface area (Å²) in [5.74, 6) is 0. The normalized spacial score (nSPS) is 30.5. The minimum Gasteiger partial charge on any atom is -0.417 e. The smallest absolute Gasteiger partial charge is 0.189 e. The Morgan fingerprint density at radius 1 is 1.33 bits per heavy atom. The van der Waals surface area contributed by atoms with E-state index in [-0.39, 0.29) is 0 Å². The summed E-state index contributed by atoms with van der Waals surface area (Å²) in [6.45, 7) is 4.23. The van der Waals surface area contributed by atoms with Crippen LogP contribution in [0.4, 0.5) is 0 Å². The summed E-state index contributed by atoms with van der Waals surface area (Å²) < 4.78 is 5.91. The van der Waals surface area contributed by atoms with Crippen LogP contribution in [0.5, 0.6) is 0 Å². The molecule has 0 bridgehead atoms. The van der Waals surface area contributed by atoms with E-state index in [9.17, 15) is 0 Å². The summed E-state index contributed by atoms with van der Waals surface area (Å²) in [4.78, 5) is 0. The molecule has 1 heterocycles. The second-order valence-electron chi connectivity index (χ2n) is 4.00. The first-order chi connectivity index (χ1) is 5.77. The Morgan fingerprint density at radius 3 is 2.75 bits per heavy atom. The van der Waals surface area contributed by atoms with Gasteiger partial charge < -0.3 is 10.2 Å². The molecule has 1 aliphatic heterocycles. The molecular weight excluding hydrogens is 166 g/mol. The van der Waals surface area contributed by atoms with E-state index in [0.29, 0.717) is 0 Å². The number of nitrogens with two attached hydrogens (primary N) is 1. The van der Waals surface area contributed by atoms with Crippen LogP contribution < -0.4 is 5.73 Å². The Kier molecular flexibility index (Phi) is 4.25. The van der Waals surface area contributed by atoms with Crippen molar-refractivity contribution in [2.24, 2.45) is 5.73 Å². The fourth-order valence-electron chi connectivity index (χ4n) is 1.83. The van der Waals surface area contributed by atoms with Crippen molar-refractivity contribution in [1.29, 1.82) is 0 Å². The lowest BCUT2D eigenvalue weighted by molar-refractivity contribution is 0.269. The molecular formula is C9H21NOSi. The molecule has 0 aromatic carbocycles. The van der Waals surface area contributed by atoms with Crippen LogP contribution >= 0.6 is 0 Å². The van der Waals surface area contributed by atoms with Crippen LogP contribution in [0.3, 0.4) is 0 Å². The predicted molar refractivity (Wildman–Crippen MR) is 54.7 cm³/mol. The van der Waals surface area contributed by atoms with Gasteiger partial charge in [0.1, 0.15) is 0 Å². The molecule has 1 rings (SSSR count). The Balaban J connectivity index is 2.17. The van der Waals surface area contributed by atoms with E-state index >= 15 is 0 Å². The van der Waals surface area contributed by atoms with E-state index in [4.69, 9.17) is 10.2 Å². The van der Waals surface area contributed by atoms with Crippen molar-refractivity contribution in [1.82, 2.24) is 0 Å². The molecule has 0 saturated carbocycles. The van der Waals surface area contributed by atoms with Crippen LogP contribution in [0.15, 0.2) is 0 Å². The molecule has 0 aromatic heterocycles. The van der Waals surface area contributed by atoms with Gasteiger partial charge in [-0.05, 0) is 38.0 Å². The Labute approximate surface area is 76.6 Å². The van der Waals surface area contributed by atoms with E-state index in [0.717, 1.165) is 13.2 Å². The van der Waals surface area contributed by atoms with Crippen molar-refractivity contribution in [3.05, 3.63) is 0 Å². The fourth-order valence-corrected chi connectivity index (χ4v) is 5.00. The van der Waals surface area contributed by atoms with Gasteiger partial charge in [-0.15, -0.1) is 0 Å². The number of unbranched alkanes of at least 4 members (excludes halogenated alkanes) is 1. The number of hydrogen-bond acceptors (Lipinski definition) is 2. The molecule has 1 aliphatic rings. The fraction of sp³-hybridized carbons (Fsp3) is 1.00. The monoisotopic (exact) mass is 187 g/mol. The van der Waals surface area contributed by atoms with Gasteiger partial charge in [0, 0.05) is 6.61 Å². The maximum absolute atomic E-state index is 5.91. The highest BCUT2D eigenvalue weighted by atomic mass is 28.4. The summed E-state index contributed by atoms with van der Waals surface area (Å²) in [5, 5.41) is 0. The van der Waals surface area contributed by atoms with Crippen molar-refractivity contribution in [2.75, 3.05) is 13.2 Å². The molecule has 12 heavy (non-hydrogen) atoms. The summed E-state index contributed by atoms with van der Waals surface area (Å²) in [5.41, 5.74) is 5.46. The minimum atomic E-state index is -1.23. The average Bonchev–Trinajstić information content (AvgIpc) is 2.06. The van der Waals surface area contributed by atoms with Crippen LogP contribution in [0, 0.1) is 0 Å². The van der Waals surface area contributed by atoms with Crippen LogP contribution in [0.25, 0.3) is 0 Å². The highest BCUT2D eigenvalue weighted by molar-refractivity contribution is 6.72. The van der Waals surface area contributed by atoms with Crippen molar-refractivity contribution >= 4 is 8.32 Å². The first-order valence-electron chi connectivity index (χ1n) is 5.11. The van der Waals surface area contributed by atoms with E-state index < -0.39 is 8.32 Å². The highest BCUT2D eigenvalue weighted by Gasteiger charge is 2.30. The maximum atomic E-state index is 5.91. The topological polar surface area (TPSA) is 35.2 Å². The third kappa shape index (κ3) is 3.25. The zero-order valence-corrected chi connectivity index (χ0v) is 9.14. The number of hydrogen-bond donors (Lipinski definition) is 1. The van der Waals surface area contributed by atoms with Gasteiger partial charge in [0.2, 0.25) is 0 Å². The van der Waals surface area contributed by atoms with Crippen molar-refractivity contribution in [3.8, 4) is 0 Å². The molecule has 2 nitrogen and oxygen atoms in total. The van der Waals surface area contributed by atoms with Crippen LogP contribution in [-0.4, -0.2) is 21.5 Å². The van der Waals surface area contributed by atoms with E-state index in [1.54, 1.807) is 0 Å². The molecule has 1 unspecified atom stereocenters. The van der Waals surface area contributed by atoms with Crippen LogP contribution in [0.1, 0.15) is 25.7 Å². The van der Waals surface area contributed by atoms with Gasteiger partial charge in [-0.1, -0.05) is 12.8 Å². The van der Waals surface area contributed by atoms with Gasteiger partial charge in [-0.25, -0.2) is 0 Å². The molecule has 72 valence electrons. The third-order valence-corrected chi connectivity index (χ3v) is 6.43. The lowest BCUT2D eigenvalue weighted by Crippen LogP contribution is -2.37. The van der Waals surface area contributed by atoms with Gasteiger partial charge in [0.25, 0.3) is 0 Å².